The van der Waals surface area contributed by atoms with Crippen LogP contribution in [0.2, 0.25) is 0 Å². The summed E-state index contributed by atoms with van der Waals surface area (Å²) in [5.41, 5.74) is 9.57. The molecular weight excluding hydrogens is 500 g/mol. The fraction of sp³-hybridized carbons (Fsp3) is 0.407. The largest absolute Gasteiger partial charge is 0.413 e. The Balaban J connectivity index is 1.79. The molecule has 39 heavy (non-hydrogen) atoms. The maximum atomic E-state index is 13.4. The molecule has 0 spiro atoms. The summed E-state index contributed by atoms with van der Waals surface area (Å²) in [4.78, 5) is 39.6. The van der Waals surface area contributed by atoms with Gasteiger partial charge in [-0.1, -0.05) is 31.2 Å². The third-order valence-electron chi connectivity index (χ3n) is 6.29. The topological polar surface area (TPSA) is 156 Å². The smallest absolute Gasteiger partial charge is 0.397 e. The Bertz CT molecular complexity index is 1160. The number of likely N-dealkylation sites (N-methyl/N-ethyl adjacent to an activating group) is 2. The summed E-state index contributed by atoms with van der Waals surface area (Å²) in [5, 5.41) is 20.2. The van der Waals surface area contributed by atoms with Crippen molar-refractivity contribution in [1.29, 1.82) is 5.41 Å². The van der Waals surface area contributed by atoms with Crippen molar-refractivity contribution in [2.75, 3.05) is 56.9 Å². The third-order valence-corrected chi connectivity index (χ3v) is 6.29. The number of hydrogen-bond donors (Lipinski definition) is 5. The van der Waals surface area contributed by atoms with Crippen molar-refractivity contribution in [2.45, 2.75) is 26.9 Å². The second-order valence-corrected chi connectivity index (χ2v) is 9.09. The predicted octanol–water partition coefficient (Wildman–Crippen LogP) is 1.26. The lowest BCUT2D eigenvalue weighted by Gasteiger charge is -2.32. The number of nitrogen functional groups attached to an aromatic ring is 1. The molecular formula is C27H38N8O4. The highest BCUT2D eigenvalue weighted by atomic mass is 16.6. The number of nitrogens with one attached hydrogen (secondary N) is 4. The number of hydrazine groups is 1. The summed E-state index contributed by atoms with van der Waals surface area (Å²) < 4.78 is 5.03. The van der Waals surface area contributed by atoms with Gasteiger partial charge in [-0.2, -0.15) is 0 Å². The maximum Gasteiger partial charge on any atom is 0.413 e. The van der Waals surface area contributed by atoms with Crippen LogP contribution in [0.15, 0.2) is 42.5 Å². The normalized spacial score (nSPS) is 12.4. The van der Waals surface area contributed by atoms with Gasteiger partial charge in [-0.05, 0) is 42.8 Å². The van der Waals surface area contributed by atoms with Crippen LogP contribution >= 0.6 is 0 Å². The number of fused-ring (bicyclic) bond motifs is 1. The Labute approximate surface area is 228 Å². The Kier molecular flexibility index (Phi) is 10.6. The van der Waals surface area contributed by atoms with Gasteiger partial charge in [0.05, 0.1) is 24.5 Å². The van der Waals surface area contributed by atoms with E-state index in [1.165, 1.54) is 0 Å². The average Bonchev–Trinajstić information content (AvgIpc) is 3.35. The molecule has 3 amide bonds. The van der Waals surface area contributed by atoms with E-state index in [2.05, 4.69) is 16.0 Å². The molecule has 3 rings (SSSR count). The van der Waals surface area contributed by atoms with Gasteiger partial charge in [0.15, 0.2) is 0 Å². The van der Waals surface area contributed by atoms with Gasteiger partial charge in [-0.15, -0.1) is 0 Å². The molecule has 210 valence electrons. The van der Waals surface area contributed by atoms with Gasteiger partial charge in [-0.3, -0.25) is 20.0 Å². The fourth-order valence-corrected chi connectivity index (χ4v) is 4.16. The molecule has 0 bridgehead atoms. The molecule has 1 aliphatic rings. The minimum Gasteiger partial charge on any atom is -0.397 e. The van der Waals surface area contributed by atoms with Crippen LogP contribution < -0.4 is 26.6 Å². The highest BCUT2D eigenvalue weighted by Gasteiger charge is 2.27. The molecule has 0 atom stereocenters. The first-order chi connectivity index (χ1) is 18.7. The van der Waals surface area contributed by atoms with E-state index in [1.807, 2.05) is 36.2 Å². The molecule has 1 aliphatic heterocycles. The average molecular weight is 539 g/mol. The zero-order chi connectivity index (χ0) is 28.4. The molecule has 0 aromatic heterocycles. The number of anilines is 2. The van der Waals surface area contributed by atoms with E-state index < -0.39 is 6.09 Å². The van der Waals surface area contributed by atoms with Gasteiger partial charge in [0.1, 0.15) is 0 Å². The quantitative estimate of drug-likeness (QED) is 0.117. The Morgan fingerprint density at radius 2 is 1.69 bits per heavy atom. The Morgan fingerprint density at radius 3 is 2.33 bits per heavy atom. The van der Waals surface area contributed by atoms with E-state index in [1.54, 1.807) is 42.1 Å². The molecule has 1 heterocycles. The molecule has 2 aromatic carbocycles. The van der Waals surface area contributed by atoms with Gasteiger partial charge < -0.3 is 31.3 Å². The van der Waals surface area contributed by atoms with E-state index in [4.69, 9.17) is 15.9 Å². The Hall–Kier alpha value is -4.16. The van der Waals surface area contributed by atoms with Crippen molar-refractivity contribution in [3.8, 4) is 0 Å². The molecule has 0 saturated heterocycles. The zero-order valence-corrected chi connectivity index (χ0v) is 22.8. The molecule has 0 radical (unpaired) electrons. The van der Waals surface area contributed by atoms with E-state index in [0.29, 0.717) is 44.1 Å². The molecule has 0 aliphatic carbocycles. The maximum absolute atomic E-state index is 13.4. The zero-order valence-electron chi connectivity index (χ0n) is 22.8. The van der Waals surface area contributed by atoms with Crippen LogP contribution in [-0.4, -0.2) is 80.1 Å². The summed E-state index contributed by atoms with van der Waals surface area (Å²) in [7, 11) is 1.71. The first kappa shape index (κ1) is 29.4. The summed E-state index contributed by atoms with van der Waals surface area (Å²) >= 11 is 0. The van der Waals surface area contributed by atoms with Crippen LogP contribution in [0, 0.1) is 5.41 Å². The molecule has 2 aromatic rings. The second kappa shape index (κ2) is 14.1. The van der Waals surface area contributed by atoms with E-state index in [-0.39, 0.29) is 36.4 Å². The fourth-order valence-electron chi connectivity index (χ4n) is 4.16. The molecule has 6 N–H and O–H groups in total. The van der Waals surface area contributed by atoms with Gasteiger partial charge in [-0.25, -0.2) is 9.80 Å². The molecule has 0 saturated carbocycles. The molecule has 12 nitrogen and oxygen atoms in total. The van der Waals surface area contributed by atoms with Crippen LogP contribution in [0.3, 0.4) is 0 Å². The molecule has 0 unspecified atom stereocenters. The number of hydrogen-bond acceptors (Lipinski definition) is 9. The minimum absolute atomic E-state index is 0.135. The minimum atomic E-state index is -0.749. The van der Waals surface area contributed by atoms with Crippen molar-refractivity contribution >= 4 is 35.2 Å². The number of alkyl carbamates (subject to hydrolysis) is 1. The number of rotatable bonds is 12. The van der Waals surface area contributed by atoms with Crippen molar-refractivity contribution < 1.29 is 19.1 Å². The lowest BCUT2D eigenvalue weighted by molar-refractivity contribution is -0.145. The van der Waals surface area contributed by atoms with Crippen molar-refractivity contribution in [3.63, 3.8) is 0 Å². The lowest BCUT2D eigenvalue weighted by atomic mass is 10.1. The highest BCUT2D eigenvalue weighted by Crippen LogP contribution is 2.27. The van der Waals surface area contributed by atoms with E-state index in [0.717, 1.165) is 17.7 Å². The van der Waals surface area contributed by atoms with Gasteiger partial charge in [0, 0.05) is 45.3 Å². The van der Waals surface area contributed by atoms with Crippen LogP contribution in [0.4, 0.5) is 16.2 Å². The second-order valence-electron chi connectivity index (χ2n) is 9.09. The summed E-state index contributed by atoms with van der Waals surface area (Å²) in [6.07, 6.45) is -0.749. The first-order valence-electron chi connectivity index (χ1n) is 13.0. The number of nitrogens with two attached hydrogens (primary N) is 1. The third kappa shape index (κ3) is 8.16. The SMILES string of the molecule is CCNCCNC(=O)CN(CC(=O)N(C)N1Cc2ccccc2C1)c1cc(C(=N)OC(=O)NCC)ccc1N. The number of nitrogens with zero attached hydrogens (tertiary/aromatic N) is 3. The lowest BCUT2D eigenvalue weighted by Crippen LogP contribution is -2.48. The number of benzene rings is 2. The van der Waals surface area contributed by atoms with Crippen LogP contribution in [-0.2, 0) is 27.4 Å². The predicted molar refractivity (Wildman–Crippen MR) is 150 cm³/mol. The summed E-state index contributed by atoms with van der Waals surface area (Å²) in [5.74, 6) is -0.896. The van der Waals surface area contributed by atoms with Crippen LogP contribution in [0.25, 0.3) is 0 Å². The van der Waals surface area contributed by atoms with E-state index >= 15 is 0 Å². The van der Waals surface area contributed by atoms with Crippen molar-refractivity contribution in [1.82, 2.24) is 26.0 Å². The number of carbonyl (C=O) groups excluding carboxylic acids is 3. The van der Waals surface area contributed by atoms with Crippen molar-refractivity contribution in [2.24, 2.45) is 0 Å². The monoisotopic (exact) mass is 538 g/mol. The first-order valence-corrected chi connectivity index (χ1v) is 13.0. The standard InChI is InChI=1S/C27H38N8O4/c1-4-30-12-13-32-24(36)17-34(18-25(37)33(3)35-15-20-8-6-7-9-21(20)16-35)23-14-19(10-11-22(23)28)26(29)39-27(38)31-5-2/h6-11,14,29-30H,4-5,12-13,15-18,28H2,1-3H3,(H,31,38)(H,32,36). The van der Waals surface area contributed by atoms with Crippen LogP contribution in [0.1, 0.15) is 30.5 Å². The van der Waals surface area contributed by atoms with E-state index in [9.17, 15) is 14.4 Å². The van der Waals surface area contributed by atoms with Gasteiger partial charge >= 0.3 is 6.09 Å². The number of amides is 3. The number of ether oxygens (including phenoxy) is 1. The Morgan fingerprint density at radius 1 is 1.00 bits per heavy atom. The van der Waals surface area contributed by atoms with Gasteiger partial charge in [0.25, 0.3) is 5.91 Å². The van der Waals surface area contributed by atoms with Gasteiger partial charge in [0.2, 0.25) is 11.8 Å². The van der Waals surface area contributed by atoms with Crippen molar-refractivity contribution in [3.05, 3.63) is 59.2 Å². The molecule has 12 heteroatoms. The summed E-state index contributed by atoms with van der Waals surface area (Å²) in [6, 6.07) is 12.7. The highest BCUT2D eigenvalue weighted by molar-refractivity contribution is 6.00. The molecule has 0 fully saturated rings. The number of carbonyl (C=O) groups is 3. The summed E-state index contributed by atoms with van der Waals surface area (Å²) in [6.45, 7) is 6.85. The van der Waals surface area contributed by atoms with Crippen LogP contribution in [0.5, 0.6) is 0 Å².